The van der Waals surface area contributed by atoms with Crippen molar-refractivity contribution >= 4 is 27.6 Å². The maximum atomic E-state index is 12.9. The van der Waals surface area contributed by atoms with Crippen LogP contribution < -0.4 is 10.0 Å². The summed E-state index contributed by atoms with van der Waals surface area (Å²) in [5, 5.41) is 2.75. The van der Waals surface area contributed by atoms with Crippen molar-refractivity contribution in [2.75, 3.05) is 4.72 Å². The molecule has 3 rings (SSSR count). The maximum absolute atomic E-state index is 12.9. The zero-order chi connectivity index (χ0) is 20.3. The Labute approximate surface area is 161 Å². The minimum atomic E-state index is -3.88. The number of carbonyl (C=O) groups is 2. The molecular formula is C19H19FN2O5S. The molecular weight excluding hydrogens is 387 g/mol. The number of ether oxygens (including phenoxy) is 1. The lowest BCUT2D eigenvalue weighted by Crippen LogP contribution is -2.37. The number of carbonyl (C=O) groups excluding carboxylic acids is 2. The zero-order valence-corrected chi connectivity index (χ0v) is 15.8. The van der Waals surface area contributed by atoms with Crippen molar-refractivity contribution in [1.82, 2.24) is 5.32 Å². The predicted octanol–water partition coefficient (Wildman–Crippen LogP) is 2.45. The van der Waals surface area contributed by atoms with Crippen molar-refractivity contribution in [3.63, 3.8) is 0 Å². The van der Waals surface area contributed by atoms with Gasteiger partial charge in [0.25, 0.3) is 15.9 Å². The van der Waals surface area contributed by atoms with E-state index in [4.69, 9.17) is 4.74 Å². The molecule has 7 nitrogen and oxygen atoms in total. The molecule has 1 saturated carbocycles. The maximum Gasteiger partial charge on any atom is 0.338 e. The van der Waals surface area contributed by atoms with Gasteiger partial charge in [0.05, 0.1) is 10.5 Å². The molecule has 9 heteroatoms. The van der Waals surface area contributed by atoms with Crippen molar-refractivity contribution in [2.24, 2.45) is 0 Å². The molecule has 0 unspecified atom stereocenters. The second kappa shape index (κ2) is 7.97. The normalized spacial score (nSPS) is 14.8. The molecule has 28 heavy (non-hydrogen) atoms. The molecule has 1 aliphatic carbocycles. The van der Waals surface area contributed by atoms with E-state index >= 15 is 0 Å². The zero-order valence-electron chi connectivity index (χ0n) is 15.0. The van der Waals surface area contributed by atoms with Gasteiger partial charge in [-0.3, -0.25) is 9.52 Å². The van der Waals surface area contributed by atoms with Gasteiger partial charge in [0.15, 0.2) is 6.10 Å². The lowest BCUT2D eigenvalue weighted by atomic mass is 10.2. The van der Waals surface area contributed by atoms with E-state index in [-0.39, 0.29) is 28.1 Å². The monoisotopic (exact) mass is 406 g/mol. The number of hydrogen-bond acceptors (Lipinski definition) is 5. The highest BCUT2D eigenvalue weighted by Crippen LogP contribution is 2.20. The summed E-state index contributed by atoms with van der Waals surface area (Å²) < 4.78 is 45.0. The van der Waals surface area contributed by atoms with Gasteiger partial charge in [-0.05, 0) is 68.3 Å². The van der Waals surface area contributed by atoms with Crippen molar-refractivity contribution < 1.29 is 27.1 Å². The van der Waals surface area contributed by atoms with Gasteiger partial charge in [0, 0.05) is 11.7 Å². The third kappa shape index (κ3) is 5.07. The number of benzene rings is 2. The molecule has 0 heterocycles. The van der Waals surface area contributed by atoms with Crippen LogP contribution >= 0.6 is 0 Å². The van der Waals surface area contributed by atoms with Crippen LogP contribution in [0.1, 0.15) is 30.1 Å². The Morgan fingerprint density at radius 3 is 2.25 bits per heavy atom. The Balaban J connectivity index is 1.61. The van der Waals surface area contributed by atoms with Crippen LogP contribution in [-0.2, 0) is 19.6 Å². The van der Waals surface area contributed by atoms with Crippen LogP contribution in [0.15, 0.2) is 53.4 Å². The van der Waals surface area contributed by atoms with Crippen LogP contribution in [0, 0.1) is 5.82 Å². The Bertz CT molecular complexity index is 970. The van der Waals surface area contributed by atoms with E-state index in [2.05, 4.69) is 10.0 Å². The third-order valence-corrected chi connectivity index (χ3v) is 5.47. The first-order valence-corrected chi connectivity index (χ1v) is 10.1. The molecule has 0 radical (unpaired) electrons. The fourth-order valence-corrected chi connectivity index (χ4v) is 3.39. The van der Waals surface area contributed by atoms with E-state index in [0.29, 0.717) is 0 Å². The average Bonchev–Trinajstić information content (AvgIpc) is 3.46. The number of hydrogen-bond donors (Lipinski definition) is 2. The summed E-state index contributed by atoms with van der Waals surface area (Å²) in [6.07, 6.45) is 0.938. The topological polar surface area (TPSA) is 102 Å². The van der Waals surface area contributed by atoms with Crippen LogP contribution in [0.5, 0.6) is 0 Å². The first-order valence-electron chi connectivity index (χ1n) is 8.64. The summed E-state index contributed by atoms with van der Waals surface area (Å²) in [5.74, 6) is -1.58. The first-order chi connectivity index (χ1) is 13.2. The van der Waals surface area contributed by atoms with Gasteiger partial charge in [0.2, 0.25) is 0 Å². The first kappa shape index (κ1) is 19.8. The molecule has 0 aliphatic heterocycles. The number of esters is 1. The minimum absolute atomic E-state index is 0.0899. The molecule has 0 saturated heterocycles. The smallest absolute Gasteiger partial charge is 0.338 e. The summed E-state index contributed by atoms with van der Waals surface area (Å²) in [5.41, 5.74) is 0.399. The summed E-state index contributed by atoms with van der Waals surface area (Å²) in [4.78, 5) is 23.9. The fourth-order valence-electron chi connectivity index (χ4n) is 2.33. The second-order valence-electron chi connectivity index (χ2n) is 6.47. The molecule has 1 aliphatic rings. The minimum Gasteiger partial charge on any atom is -0.449 e. The summed E-state index contributed by atoms with van der Waals surface area (Å²) in [6, 6.07) is 10.1. The number of sulfonamides is 1. The summed E-state index contributed by atoms with van der Waals surface area (Å²) in [7, 11) is -3.88. The largest absolute Gasteiger partial charge is 0.449 e. The van der Waals surface area contributed by atoms with Crippen molar-refractivity contribution in [3.8, 4) is 0 Å². The highest BCUT2D eigenvalue weighted by molar-refractivity contribution is 7.92. The van der Waals surface area contributed by atoms with E-state index in [1.54, 1.807) is 0 Å². The Kier molecular flexibility index (Phi) is 5.64. The highest BCUT2D eigenvalue weighted by atomic mass is 32.2. The molecule has 0 aromatic heterocycles. The number of nitrogens with one attached hydrogen (secondary N) is 2. The van der Waals surface area contributed by atoms with Gasteiger partial charge in [-0.2, -0.15) is 0 Å². The van der Waals surface area contributed by atoms with Crippen LogP contribution in [-0.4, -0.2) is 32.4 Å². The molecule has 0 spiro atoms. The van der Waals surface area contributed by atoms with Gasteiger partial charge >= 0.3 is 5.97 Å². The Hall–Kier alpha value is -2.94. The number of halogens is 1. The molecule has 0 bridgehead atoms. The summed E-state index contributed by atoms with van der Waals surface area (Å²) >= 11 is 0. The fraction of sp³-hybridized carbons (Fsp3) is 0.263. The molecule has 1 atom stereocenters. The lowest BCUT2D eigenvalue weighted by molar-refractivity contribution is -0.129. The van der Waals surface area contributed by atoms with E-state index in [9.17, 15) is 22.4 Å². The molecule has 148 valence electrons. The number of amides is 1. The standard InChI is InChI=1S/C19H19FN2O5S/c1-12(18(23)21-15-8-9-15)27-19(24)13-2-6-16(7-3-13)22-28(25,26)17-10-4-14(20)5-11-17/h2-7,10-12,15,22H,8-9H2,1H3,(H,21,23)/t12-/m1/s1. The van der Waals surface area contributed by atoms with Crippen molar-refractivity contribution in [3.05, 3.63) is 59.9 Å². The van der Waals surface area contributed by atoms with E-state index in [0.717, 1.165) is 37.1 Å². The van der Waals surface area contributed by atoms with Crippen LogP contribution in [0.25, 0.3) is 0 Å². The Morgan fingerprint density at radius 2 is 1.68 bits per heavy atom. The predicted molar refractivity (Wildman–Crippen MR) is 99.7 cm³/mol. The number of anilines is 1. The molecule has 2 aromatic rings. The highest BCUT2D eigenvalue weighted by Gasteiger charge is 2.27. The van der Waals surface area contributed by atoms with Crippen LogP contribution in [0.2, 0.25) is 0 Å². The van der Waals surface area contributed by atoms with Crippen molar-refractivity contribution in [2.45, 2.75) is 36.8 Å². The second-order valence-corrected chi connectivity index (χ2v) is 8.15. The Morgan fingerprint density at radius 1 is 1.07 bits per heavy atom. The summed E-state index contributed by atoms with van der Waals surface area (Å²) in [6.45, 7) is 1.49. The van der Waals surface area contributed by atoms with Gasteiger partial charge in [-0.25, -0.2) is 17.6 Å². The van der Waals surface area contributed by atoms with E-state index in [1.165, 1.54) is 31.2 Å². The van der Waals surface area contributed by atoms with E-state index in [1.807, 2.05) is 0 Å². The molecule has 1 amide bonds. The van der Waals surface area contributed by atoms with Crippen molar-refractivity contribution in [1.29, 1.82) is 0 Å². The van der Waals surface area contributed by atoms with Gasteiger partial charge in [0.1, 0.15) is 5.82 Å². The van der Waals surface area contributed by atoms with Gasteiger partial charge < -0.3 is 10.1 Å². The molecule has 1 fully saturated rings. The molecule has 2 N–H and O–H groups in total. The quantitative estimate of drug-likeness (QED) is 0.688. The van der Waals surface area contributed by atoms with Crippen LogP contribution in [0.4, 0.5) is 10.1 Å². The average molecular weight is 406 g/mol. The van der Waals surface area contributed by atoms with Gasteiger partial charge in [-0.15, -0.1) is 0 Å². The van der Waals surface area contributed by atoms with Gasteiger partial charge in [-0.1, -0.05) is 0 Å². The lowest BCUT2D eigenvalue weighted by Gasteiger charge is -2.13. The SMILES string of the molecule is C[C@@H](OC(=O)c1ccc(NS(=O)(=O)c2ccc(F)cc2)cc1)C(=O)NC1CC1. The number of rotatable bonds is 7. The third-order valence-electron chi connectivity index (χ3n) is 4.07. The van der Waals surface area contributed by atoms with E-state index < -0.39 is 27.9 Å². The molecule has 2 aromatic carbocycles. The van der Waals surface area contributed by atoms with Crippen LogP contribution in [0.3, 0.4) is 0 Å².